The zero-order chi connectivity index (χ0) is 91.1. The molecule has 1 saturated heterocycles. The van der Waals surface area contributed by atoms with Gasteiger partial charge in [-0.15, -0.1) is 10.2 Å². The summed E-state index contributed by atoms with van der Waals surface area (Å²) in [5, 5.41) is 20.1. The molecular formula is C99H145N11O12. The van der Waals surface area contributed by atoms with Crippen LogP contribution in [0.3, 0.4) is 0 Å². The third kappa shape index (κ3) is 42.1. The van der Waals surface area contributed by atoms with Gasteiger partial charge in [-0.2, -0.15) is 10.2 Å². The molecule has 2 unspecified atom stereocenters. The molecule has 0 saturated carbocycles. The van der Waals surface area contributed by atoms with Crippen LogP contribution in [0.1, 0.15) is 278 Å². The lowest BCUT2D eigenvalue weighted by atomic mass is 9.93. The van der Waals surface area contributed by atoms with Gasteiger partial charge < -0.3 is 43.2 Å². The molecule has 2 atom stereocenters. The third-order valence-corrected chi connectivity index (χ3v) is 18.5. The molecule has 668 valence electrons. The maximum absolute atomic E-state index is 12.5. The molecule has 0 radical (unpaired) electrons. The van der Waals surface area contributed by atoms with Crippen LogP contribution in [0.15, 0.2) is 172 Å². The number of hydrazone groups is 2. The number of aromatic nitrogens is 3. The number of likely N-dealkylation sites (tertiary alicyclic amines) is 1. The summed E-state index contributed by atoms with van der Waals surface area (Å²) in [6, 6.07) is 44.8. The summed E-state index contributed by atoms with van der Waals surface area (Å²) in [6.45, 7) is 58.2. The van der Waals surface area contributed by atoms with Crippen LogP contribution in [0.4, 0.5) is 4.79 Å². The molecule has 7 aromatic rings. The number of hydrogen-bond donors (Lipinski definition) is 4. The van der Waals surface area contributed by atoms with Crippen LogP contribution < -0.4 is 40.4 Å². The number of nitrogens with zero attached hydrogens (tertiary/aromatic N) is 7. The van der Waals surface area contributed by atoms with Gasteiger partial charge in [0.2, 0.25) is 17.7 Å². The van der Waals surface area contributed by atoms with E-state index in [0.717, 1.165) is 73.2 Å². The van der Waals surface area contributed by atoms with Crippen LogP contribution in [0.25, 0.3) is 17.7 Å². The zero-order valence-corrected chi connectivity index (χ0v) is 78.1. The Bertz CT molecular complexity index is 4320. The van der Waals surface area contributed by atoms with Crippen molar-refractivity contribution in [1.82, 2.24) is 46.5 Å². The van der Waals surface area contributed by atoms with Gasteiger partial charge in [-0.25, -0.2) is 15.6 Å². The van der Waals surface area contributed by atoms with Crippen molar-refractivity contribution in [2.45, 2.75) is 255 Å². The molecule has 1 aliphatic rings. The Labute approximate surface area is 729 Å². The highest BCUT2D eigenvalue weighted by Gasteiger charge is 2.24. The fourth-order valence-electron chi connectivity index (χ4n) is 11.5. The smallest absolute Gasteiger partial charge is 0.322 e. The van der Waals surface area contributed by atoms with E-state index in [0.29, 0.717) is 71.4 Å². The van der Waals surface area contributed by atoms with Gasteiger partial charge in [-0.1, -0.05) is 207 Å². The lowest BCUT2D eigenvalue weighted by Gasteiger charge is -2.30. The van der Waals surface area contributed by atoms with E-state index >= 15 is 0 Å². The molecule has 1 aliphatic heterocycles. The number of allylic oxidation sites excluding steroid dienone is 1. The van der Waals surface area contributed by atoms with Crippen molar-refractivity contribution in [3.8, 4) is 23.0 Å². The quantitative estimate of drug-likeness (QED) is 0.0169. The average Bonchev–Trinajstić information content (AvgIpc) is 1.10. The maximum atomic E-state index is 12.5. The minimum atomic E-state index is -0.706. The van der Waals surface area contributed by atoms with Crippen molar-refractivity contribution < 1.29 is 56.9 Å². The number of para-hydroxylation sites is 3. The van der Waals surface area contributed by atoms with Crippen molar-refractivity contribution in [3.05, 3.63) is 203 Å². The number of rotatable bonds is 33. The van der Waals surface area contributed by atoms with Gasteiger partial charge in [0.05, 0.1) is 54.5 Å². The van der Waals surface area contributed by atoms with Crippen molar-refractivity contribution >= 4 is 65.2 Å². The van der Waals surface area contributed by atoms with Gasteiger partial charge in [0.15, 0.2) is 0 Å². The van der Waals surface area contributed by atoms with Crippen LogP contribution in [0.5, 0.6) is 23.0 Å². The van der Waals surface area contributed by atoms with E-state index in [-0.39, 0.29) is 77.7 Å². The molecule has 23 heteroatoms. The summed E-state index contributed by atoms with van der Waals surface area (Å²) in [5.74, 6) is 5.28. The molecule has 0 aliphatic carbocycles. The fourth-order valence-corrected chi connectivity index (χ4v) is 11.5. The lowest BCUT2D eigenvalue weighted by Crippen LogP contribution is -2.42. The van der Waals surface area contributed by atoms with E-state index in [1.54, 1.807) is 75.8 Å². The molecule has 4 N–H and O–H groups in total. The standard InChI is InChI=1S/C23H30O.C19H23N3O2.C19H27NO2.C14H20N2O2.C14H29NO2.C10H16N4O3/c1-17(2)19(5)16-24-22-13-11-21(12-14-22)23(18(3)4)15-20-9-7-6-8-10-20;1-13(2)18(15-9-11-20-12-10-15)21-22-19(23)16-7-5-6-8-17(16)24-14(3)4;1-14(2)19(21)20-11-9-16(10-12-20)13-17-7-5-6-8-18(17)22-15(3)4;1-10(2)9-15-16-14(17)12-7-5-6-8-13(12)18-11(3)4;1-11(2)7-8-13(5)17-10-9-15(12(3)4)14(6)16;1-5(2)8-13-14-9(17-8)7(15)12-10(16)11-6(3)4/h6-15,17-19H,16H2,1-5H3;5-14H,1-4H3,(H,22,23);5-8,13-15H,9-12H2,1-4H3;5-11H,1-4H3,(H,16,17);11-13H,7-10H2,1-6H3;5-6H,1-4H3,(H2,11,12,15,16)/b23-15-;21-18-;;15-9+;;. The first-order valence-electron chi connectivity index (χ1n) is 43.4. The minimum absolute atomic E-state index is 0.00880. The van der Waals surface area contributed by atoms with Crippen molar-refractivity contribution in [2.24, 2.45) is 51.6 Å². The van der Waals surface area contributed by atoms with Crippen LogP contribution in [0, 0.1) is 41.4 Å². The number of pyridine rings is 1. The fraction of sp³-hybridized carbons (Fsp3) is 0.505. The summed E-state index contributed by atoms with van der Waals surface area (Å²) in [5.41, 5.74) is 14.2. The van der Waals surface area contributed by atoms with Crippen LogP contribution in [-0.4, -0.2) is 142 Å². The Morgan fingerprint density at radius 1 is 0.566 bits per heavy atom. The van der Waals surface area contributed by atoms with E-state index in [9.17, 15) is 28.8 Å². The van der Waals surface area contributed by atoms with Crippen LogP contribution in [0.2, 0.25) is 0 Å². The summed E-state index contributed by atoms with van der Waals surface area (Å²) >= 11 is 0. The zero-order valence-electron chi connectivity index (χ0n) is 78.1. The molecule has 3 heterocycles. The molecule has 7 amide bonds. The van der Waals surface area contributed by atoms with Crippen LogP contribution in [-0.2, 0) is 14.3 Å². The second-order valence-corrected chi connectivity index (χ2v) is 34.0. The topological polar surface area (TPSA) is 280 Å². The van der Waals surface area contributed by atoms with Gasteiger partial charge >= 0.3 is 17.8 Å². The SMILES string of the molecule is CC(=O)N(CCOC(C)CCC(C)C)C(C)C.CC(C)/C(=C/c1ccccc1)c1ccc(OCC(C)C(C)C)cc1.CC(C)/C=N/NC(=O)c1ccccc1OC(C)C.CC(C)NC(=O)NC(=O)c1nnc(C(C)C)o1.CC(C)Oc1ccccc1C(=O)N/N=C(\c1ccncc1)C(C)C.CC(C)Oc1ccccc1C=C1CCN(C(=O)C(C)C)CC1. The van der Waals surface area contributed by atoms with Gasteiger partial charge in [0.1, 0.15) is 23.0 Å². The largest absolute Gasteiger partial charge is 0.493 e. The monoisotopic (exact) mass is 1680 g/mol. The second-order valence-electron chi connectivity index (χ2n) is 34.0. The predicted molar refractivity (Wildman–Crippen MR) is 496 cm³/mol. The molecule has 1 fully saturated rings. The summed E-state index contributed by atoms with van der Waals surface area (Å²) in [4.78, 5) is 78.4. The number of ether oxygens (including phenoxy) is 5. The number of piperidine rings is 1. The molecular weight excluding hydrogens is 1540 g/mol. The average molecular weight is 1680 g/mol. The van der Waals surface area contributed by atoms with E-state index in [1.165, 1.54) is 28.7 Å². The van der Waals surface area contributed by atoms with Gasteiger partial charge in [-0.3, -0.25) is 34.3 Å². The first kappa shape index (κ1) is 105. The van der Waals surface area contributed by atoms with E-state index < -0.39 is 11.9 Å². The Morgan fingerprint density at radius 3 is 1.58 bits per heavy atom. The first-order chi connectivity index (χ1) is 57.7. The van der Waals surface area contributed by atoms with Gasteiger partial charge in [0.25, 0.3) is 11.8 Å². The summed E-state index contributed by atoms with van der Waals surface area (Å²) in [7, 11) is 0. The minimum Gasteiger partial charge on any atom is -0.493 e. The lowest BCUT2D eigenvalue weighted by molar-refractivity contribution is -0.135. The summed E-state index contributed by atoms with van der Waals surface area (Å²) in [6.07, 6.45) is 14.3. The number of urea groups is 1. The molecule has 0 spiro atoms. The highest BCUT2D eigenvalue weighted by Crippen LogP contribution is 2.30. The third-order valence-electron chi connectivity index (χ3n) is 18.5. The first-order valence-corrected chi connectivity index (χ1v) is 43.4. The molecule has 0 bridgehead atoms. The highest BCUT2D eigenvalue weighted by molar-refractivity contribution is 6.04. The van der Waals surface area contributed by atoms with Gasteiger partial charge in [-0.05, 0) is 209 Å². The van der Waals surface area contributed by atoms with Crippen molar-refractivity contribution in [3.63, 3.8) is 0 Å². The summed E-state index contributed by atoms with van der Waals surface area (Å²) < 4.78 is 33.9. The van der Waals surface area contributed by atoms with Crippen molar-refractivity contribution in [2.75, 3.05) is 32.8 Å². The maximum Gasteiger partial charge on any atom is 0.322 e. The number of nitrogens with one attached hydrogen (secondary N) is 4. The number of hydrogen-bond acceptors (Lipinski definition) is 17. The number of benzene rings is 5. The van der Waals surface area contributed by atoms with Crippen LogP contribution >= 0.6 is 0 Å². The van der Waals surface area contributed by atoms with Gasteiger partial charge in [0, 0.05) is 80.2 Å². The normalized spacial score (nSPS) is 12.7. The van der Waals surface area contributed by atoms with E-state index in [2.05, 4.69) is 175 Å². The Morgan fingerprint density at radius 2 is 1.10 bits per heavy atom. The number of imide groups is 1. The molecule has 23 nitrogen and oxygen atoms in total. The van der Waals surface area contributed by atoms with Crippen molar-refractivity contribution in [1.29, 1.82) is 0 Å². The Hall–Kier alpha value is -10.8. The number of amides is 7. The molecule has 8 rings (SSSR count). The Kier molecular flexibility index (Phi) is 49.0. The molecule has 122 heavy (non-hydrogen) atoms. The molecule has 5 aromatic carbocycles. The second kappa shape index (κ2) is 56.7. The number of carbonyl (C=O) groups excluding carboxylic acids is 6. The predicted octanol–water partition coefficient (Wildman–Crippen LogP) is 21.3. The van der Waals surface area contributed by atoms with E-state index in [4.69, 9.17) is 28.1 Å². The molecule has 2 aromatic heterocycles. The van der Waals surface area contributed by atoms with E-state index in [1.807, 2.05) is 163 Å². The Balaban J connectivity index is 0.000000381. The highest BCUT2D eigenvalue weighted by atomic mass is 16.5. The number of carbonyl (C=O) groups is 6.